The maximum absolute atomic E-state index is 13.4. The molecule has 0 spiro atoms. The maximum Gasteiger partial charge on any atom is 0.251 e. The summed E-state index contributed by atoms with van der Waals surface area (Å²) in [5.41, 5.74) is 3.95. The van der Waals surface area contributed by atoms with Gasteiger partial charge in [0.05, 0.1) is 18.9 Å². The average molecular weight is 491 g/mol. The number of anilines is 1. The molecule has 190 valence electrons. The van der Waals surface area contributed by atoms with Gasteiger partial charge in [-0.2, -0.15) is 5.10 Å². The van der Waals surface area contributed by atoms with Gasteiger partial charge >= 0.3 is 0 Å². The summed E-state index contributed by atoms with van der Waals surface area (Å²) in [5.74, 6) is 1.18. The summed E-state index contributed by atoms with van der Waals surface area (Å²) in [6.07, 6.45) is 0. The molecule has 0 aliphatic carbocycles. The highest BCUT2D eigenvalue weighted by atomic mass is 16.5. The Labute approximate surface area is 212 Å². The van der Waals surface area contributed by atoms with Crippen molar-refractivity contribution in [3.63, 3.8) is 0 Å². The molecule has 0 fully saturated rings. The zero-order chi connectivity index (χ0) is 26.0. The number of fused-ring (bicyclic) bond motifs is 1. The molecule has 1 aliphatic rings. The Balaban J connectivity index is 1.78. The molecule has 2 N–H and O–H groups in total. The van der Waals surface area contributed by atoms with Crippen LogP contribution in [0.15, 0.2) is 42.5 Å². The number of hydrogen-bond donors (Lipinski definition) is 2. The zero-order valence-electron chi connectivity index (χ0n) is 21.7. The summed E-state index contributed by atoms with van der Waals surface area (Å²) in [5, 5.41) is 10.5. The predicted octanol–water partition coefficient (Wildman–Crippen LogP) is 4.35. The molecular weight excluding hydrogens is 456 g/mol. The number of nitrogens with one attached hydrogen (secondary N) is 2. The second kappa shape index (κ2) is 10.4. The zero-order valence-corrected chi connectivity index (χ0v) is 21.7. The lowest BCUT2D eigenvalue weighted by molar-refractivity contribution is -0.118. The molecule has 3 aromatic rings. The summed E-state index contributed by atoms with van der Waals surface area (Å²) in [6.45, 7) is 11.0. The van der Waals surface area contributed by atoms with Crippen molar-refractivity contribution < 1.29 is 19.1 Å². The molecule has 1 aliphatic heterocycles. The van der Waals surface area contributed by atoms with Crippen LogP contribution in [0, 0.1) is 19.8 Å². The minimum Gasteiger partial charge on any atom is -0.490 e. The Bertz CT molecular complexity index is 1280. The maximum atomic E-state index is 13.4. The van der Waals surface area contributed by atoms with Crippen LogP contribution in [0.5, 0.6) is 11.5 Å². The molecule has 0 saturated heterocycles. The first-order chi connectivity index (χ1) is 17.2. The second-order valence-electron chi connectivity index (χ2n) is 9.60. The molecule has 4 rings (SSSR count). The van der Waals surface area contributed by atoms with Gasteiger partial charge in [0.15, 0.2) is 11.5 Å². The van der Waals surface area contributed by atoms with Crippen molar-refractivity contribution in [2.75, 3.05) is 18.5 Å². The molecule has 2 aromatic carbocycles. The van der Waals surface area contributed by atoms with Crippen LogP contribution in [0.4, 0.5) is 5.82 Å². The lowest BCUT2D eigenvalue weighted by Gasteiger charge is -2.33. The van der Waals surface area contributed by atoms with Crippen LogP contribution in [-0.4, -0.2) is 40.9 Å². The minimum absolute atomic E-state index is 0.297. The summed E-state index contributed by atoms with van der Waals surface area (Å²) < 4.78 is 13.6. The number of benzene rings is 2. The van der Waals surface area contributed by atoms with Crippen LogP contribution >= 0.6 is 0 Å². The highest BCUT2D eigenvalue weighted by Gasteiger charge is 2.41. The first-order valence-corrected chi connectivity index (χ1v) is 12.3. The second-order valence-corrected chi connectivity index (χ2v) is 9.60. The normalized spacial score (nSPS) is 16.9. The Morgan fingerprint density at radius 1 is 1.14 bits per heavy atom. The molecular formula is C28H34N4O4. The first kappa shape index (κ1) is 25.3. The monoisotopic (exact) mass is 490 g/mol. The first-order valence-electron chi connectivity index (χ1n) is 12.3. The number of amides is 2. The van der Waals surface area contributed by atoms with Crippen LogP contribution in [-0.2, 0) is 11.8 Å². The lowest BCUT2D eigenvalue weighted by atomic mass is 9.81. The number of carbonyl (C=O) groups excluding carboxylic acids is 2. The molecule has 0 bridgehead atoms. The van der Waals surface area contributed by atoms with Crippen molar-refractivity contribution >= 4 is 17.6 Å². The molecule has 2 atom stereocenters. The van der Waals surface area contributed by atoms with Crippen molar-refractivity contribution in [3.8, 4) is 11.5 Å². The largest absolute Gasteiger partial charge is 0.490 e. The number of carbonyl (C=O) groups is 2. The molecule has 8 nitrogen and oxygen atoms in total. The quantitative estimate of drug-likeness (QED) is 0.490. The summed E-state index contributed by atoms with van der Waals surface area (Å²) >= 11 is 0. The van der Waals surface area contributed by atoms with Crippen molar-refractivity contribution in [1.29, 1.82) is 0 Å². The number of nitrogens with zero attached hydrogens (tertiary/aromatic N) is 2. The Kier molecular flexibility index (Phi) is 7.33. The lowest BCUT2D eigenvalue weighted by Crippen LogP contribution is -2.50. The number of aromatic nitrogens is 2. The van der Waals surface area contributed by atoms with Crippen LogP contribution in [0.3, 0.4) is 0 Å². The van der Waals surface area contributed by atoms with E-state index < -0.39 is 12.0 Å². The van der Waals surface area contributed by atoms with Crippen molar-refractivity contribution in [2.24, 2.45) is 13.0 Å². The van der Waals surface area contributed by atoms with Crippen molar-refractivity contribution in [2.45, 2.75) is 46.6 Å². The van der Waals surface area contributed by atoms with Gasteiger partial charge in [-0.1, -0.05) is 37.6 Å². The Morgan fingerprint density at radius 3 is 2.61 bits per heavy atom. The van der Waals surface area contributed by atoms with E-state index in [1.54, 1.807) is 23.9 Å². The SMILES string of the molecule is CCOc1cc([C@H]2c3c(C)nn(C)c3NC(=O)[C@@H]2NC(=O)c2cccc(C)c2)ccc1OCC(C)C. The van der Waals surface area contributed by atoms with Gasteiger partial charge in [0, 0.05) is 24.1 Å². The van der Waals surface area contributed by atoms with Gasteiger partial charge in [-0.3, -0.25) is 14.3 Å². The number of rotatable bonds is 8. The third-order valence-electron chi connectivity index (χ3n) is 6.20. The van der Waals surface area contributed by atoms with E-state index in [9.17, 15) is 9.59 Å². The van der Waals surface area contributed by atoms with Crippen molar-refractivity contribution in [1.82, 2.24) is 15.1 Å². The standard InChI is InChI=1S/C28H34N4O4/c1-7-35-22-14-19(11-12-21(22)36-15-16(2)3)24-23-18(5)31-32(6)26(23)30-28(34)25(24)29-27(33)20-10-8-9-17(4)13-20/h8-14,16,24-25H,7,15H2,1-6H3,(H,29,33)(H,30,34)/t24-,25+/m0/s1. The molecule has 2 heterocycles. The minimum atomic E-state index is -0.842. The fourth-order valence-electron chi connectivity index (χ4n) is 4.59. The van der Waals surface area contributed by atoms with Gasteiger partial charge in [0.25, 0.3) is 5.91 Å². The fourth-order valence-corrected chi connectivity index (χ4v) is 4.59. The van der Waals surface area contributed by atoms with Gasteiger partial charge < -0.3 is 20.1 Å². The van der Waals surface area contributed by atoms with Gasteiger partial charge in [0.1, 0.15) is 11.9 Å². The van der Waals surface area contributed by atoms with E-state index in [-0.39, 0.29) is 11.8 Å². The molecule has 0 saturated carbocycles. The third-order valence-corrected chi connectivity index (χ3v) is 6.20. The van der Waals surface area contributed by atoms with Crippen molar-refractivity contribution in [3.05, 3.63) is 70.4 Å². The molecule has 0 unspecified atom stereocenters. The number of hydrogen-bond acceptors (Lipinski definition) is 5. The predicted molar refractivity (Wildman–Crippen MR) is 139 cm³/mol. The van der Waals surface area contributed by atoms with E-state index in [0.717, 1.165) is 22.4 Å². The average Bonchev–Trinajstić information content (AvgIpc) is 3.11. The number of aryl methyl sites for hydroxylation is 3. The third kappa shape index (κ3) is 5.08. The molecule has 8 heteroatoms. The highest BCUT2D eigenvalue weighted by Crippen LogP contribution is 2.42. The molecule has 2 amide bonds. The van der Waals surface area contributed by atoms with E-state index >= 15 is 0 Å². The van der Waals surface area contributed by atoms with E-state index in [0.29, 0.717) is 42.0 Å². The highest BCUT2D eigenvalue weighted by molar-refractivity contribution is 6.04. The summed E-state index contributed by atoms with van der Waals surface area (Å²) in [6, 6.07) is 12.2. The van der Waals surface area contributed by atoms with Crippen LogP contribution in [0.25, 0.3) is 0 Å². The topological polar surface area (TPSA) is 94.5 Å². The fraction of sp³-hybridized carbons (Fsp3) is 0.393. The van der Waals surface area contributed by atoms with Gasteiger partial charge in [-0.15, -0.1) is 0 Å². The number of ether oxygens (including phenoxy) is 2. The molecule has 36 heavy (non-hydrogen) atoms. The van der Waals surface area contributed by atoms with Crippen LogP contribution in [0.1, 0.15) is 59.4 Å². The summed E-state index contributed by atoms with van der Waals surface area (Å²) in [7, 11) is 1.79. The van der Waals surface area contributed by atoms with Crippen LogP contribution in [0.2, 0.25) is 0 Å². The van der Waals surface area contributed by atoms with Gasteiger partial charge in [0.2, 0.25) is 5.91 Å². The Hall–Kier alpha value is -3.81. The van der Waals surface area contributed by atoms with Crippen LogP contribution < -0.4 is 20.1 Å². The molecule has 0 radical (unpaired) electrons. The smallest absolute Gasteiger partial charge is 0.251 e. The van der Waals surface area contributed by atoms with E-state index in [4.69, 9.17) is 9.47 Å². The van der Waals surface area contributed by atoms with Gasteiger partial charge in [-0.25, -0.2) is 0 Å². The van der Waals surface area contributed by atoms with E-state index in [1.165, 1.54) is 0 Å². The van der Waals surface area contributed by atoms with E-state index in [2.05, 4.69) is 29.6 Å². The van der Waals surface area contributed by atoms with Gasteiger partial charge in [-0.05, 0) is 56.5 Å². The molecule has 1 aromatic heterocycles. The Morgan fingerprint density at radius 2 is 1.92 bits per heavy atom. The summed E-state index contributed by atoms with van der Waals surface area (Å²) in [4.78, 5) is 26.6. The van der Waals surface area contributed by atoms with E-state index in [1.807, 2.05) is 51.1 Å².